The van der Waals surface area contributed by atoms with Gasteiger partial charge in [-0.15, -0.1) is 68.4 Å². The summed E-state index contributed by atoms with van der Waals surface area (Å²) in [5.41, 5.74) is 11.4. The zero-order valence-corrected chi connectivity index (χ0v) is 35.5. The summed E-state index contributed by atoms with van der Waals surface area (Å²) < 4.78 is 21.8. The molecular weight excluding hydrogens is 841 g/mol. The monoisotopic (exact) mass is 864 g/mol. The maximum Gasteiger partial charge on any atom is 0.114 e. The molecule has 0 aliphatic carbocycles. The molecule has 1 unspecified atom stereocenters. The third-order valence-electron chi connectivity index (χ3n) is 10.3. The van der Waals surface area contributed by atoms with E-state index in [0.717, 1.165) is 45.2 Å². The molecule has 1 aliphatic heterocycles. The molecular formula is C44H24N4S8. The van der Waals surface area contributed by atoms with Gasteiger partial charge in [-0.1, -0.05) is 72.8 Å². The van der Waals surface area contributed by atoms with Gasteiger partial charge < -0.3 is 0 Å². The first-order valence-electron chi connectivity index (χ1n) is 17.9. The van der Waals surface area contributed by atoms with Crippen molar-refractivity contribution in [2.75, 3.05) is 0 Å². The molecule has 0 saturated carbocycles. The summed E-state index contributed by atoms with van der Waals surface area (Å²) in [5, 5.41) is 7.32. The zero-order valence-electron chi connectivity index (χ0n) is 29.0. The van der Waals surface area contributed by atoms with Gasteiger partial charge in [-0.3, -0.25) is 0 Å². The minimum atomic E-state index is 0.409. The number of thioether (sulfide) groups is 1. The Morgan fingerprint density at radius 3 is 1.57 bits per heavy atom. The van der Waals surface area contributed by atoms with E-state index in [9.17, 15) is 0 Å². The van der Waals surface area contributed by atoms with Gasteiger partial charge in [0.15, 0.2) is 0 Å². The van der Waals surface area contributed by atoms with Crippen molar-refractivity contribution in [2.24, 2.45) is 0 Å². The van der Waals surface area contributed by atoms with Crippen LogP contribution in [0.1, 0.15) is 17.2 Å². The highest BCUT2D eigenvalue weighted by molar-refractivity contribution is 8.02. The van der Waals surface area contributed by atoms with Crippen LogP contribution in [0.3, 0.4) is 0 Å². The van der Waals surface area contributed by atoms with E-state index in [2.05, 4.69) is 126 Å². The van der Waals surface area contributed by atoms with Crippen molar-refractivity contribution in [3.63, 3.8) is 0 Å². The van der Waals surface area contributed by atoms with E-state index in [0.29, 0.717) is 5.25 Å². The largest absolute Gasteiger partial charge is 0.173 e. The van der Waals surface area contributed by atoms with Crippen LogP contribution >= 0.6 is 91.9 Å². The molecule has 7 aromatic heterocycles. The molecule has 268 valence electrons. The Bertz CT molecular complexity index is 3290. The van der Waals surface area contributed by atoms with Crippen LogP contribution in [0.25, 0.3) is 104 Å². The topological polar surface area (TPSA) is 51.6 Å². The molecule has 0 bridgehead atoms. The molecule has 0 spiro atoms. The van der Waals surface area contributed by atoms with Crippen molar-refractivity contribution in [3.8, 4) is 62.0 Å². The molecule has 4 nitrogen and oxygen atoms in total. The third kappa shape index (κ3) is 5.39. The van der Waals surface area contributed by atoms with Crippen LogP contribution in [0.2, 0.25) is 0 Å². The van der Waals surface area contributed by atoms with Crippen LogP contribution in [-0.4, -0.2) is 17.5 Å². The highest BCUT2D eigenvalue weighted by atomic mass is 32.2. The van der Waals surface area contributed by atoms with Crippen molar-refractivity contribution in [2.45, 2.75) is 11.7 Å². The molecule has 11 aromatic rings. The number of fused-ring (bicyclic) bond motifs is 4. The summed E-state index contributed by atoms with van der Waals surface area (Å²) in [6.07, 6.45) is 3.29. The highest BCUT2D eigenvalue weighted by Crippen LogP contribution is 2.56. The van der Waals surface area contributed by atoms with Gasteiger partial charge >= 0.3 is 0 Å². The first-order chi connectivity index (χ1) is 27.8. The lowest BCUT2D eigenvalue weighted by molar-refractivity contribution is 0.999. The molecule has 0 N–H and O–H groups in total. The Hall–Kier alpha value is -4.37. The average Bonchev–Trinajstić information content (AvgIpc) is 4.08. The summed E-state index contributed by atoms with van der Waals surface area (Å²) in [4.78, 5) is 8.78. The van der Waals surface area contributed by atoms with Crippen molar-refractivity contribution in [3.05, 3.63) is 132 Å². The first kappa shape index (κ1) is 33.7. The van der Waals surface area contributed by atoms with E-state index in [1.807, 2.05) is 57.1 Å². The Morgan fingerprint density at radius 2 is 1.00 bits per heavy atom. The van der Waals surface area contributed by atoms with Crippen molar-refractivity contribution < 1.29 is 0 Å². The van der Waals surface area contributed by atoms with E-state index >= 15 is 0 Å². The van der Waals surface area contributed by atoms with Crippen LogP contribution in [0.15, 0.2) is 126 Å². The fourth-order valence-corrected chi connectivity index (χ4v) is 15.4. The van der Waals surface area contributed by atoms with Crippen LogP contribution in [0.4, 0.5) is 0 Å². The van der Waals surface area contributed by atoms with Gasteiger partial charge in [0.2, 0.25) is 0 Å². The van der Waals surface area contributed by atoms with Gasteiger partial charge in [0, 0.05) is 77.6 Å². The number of benzene rings is 4. The second-order valence-electron chi connectivity index (χ2n) is 13.4. The van der Waals surface area contributed by atoms with Gasteiger partial charge in [-0.2, -0.15) is 17.5 Å². The number of hydrogen-bond acceptors (Lipinski definition) is 12. The molecule has 0 saturated heterocycles. The van der Waals surface area contributed by atoms with Crippen LogP contribution in [0.5, 0.6) is 0 Å². The summed E-state index contributed by atoms with van der Waals surface area (Å²) in [5.74, 6) is 0. The summed E-state index contributed by atoms with van der Waals surface area (Å²) >= 11 is 13.7. The van der Waals surface area contributed by atoms with E-state index in [1.54, 1.807) is 11.3 Å². The second kappa shape index (κ2) is 13.6. The molecule has 12 heteroatoms. The van der Waals surface area contributed by atoms with Crippen molar-refractivity contribution in [1.29, 1.82) is 0 Å². The van der Waals surface area contributed by atoms with Gasteiger partial charge in [0.05, 0.1) is 33.2 Å². The van der Waals surface area contributed by atoms with E-state index in [-0.39, 0.29) is 0 Å². The second-order valence-corrected chi connectivity index (χ2v) is 20.8. The van der Waals surface area contributed by atoms with Crippen LogP contribution in [-0.2, 0) is 0 Å². The first-order valence-corrected chi connectivity index (χ1v) is 24.4. The molecule has 1 atom stereocenters. The predicted molar refractivity (Wildman–Crippen MR) is 249 cm³/mol. The number of hydrogen-bond donors (Lipinski definition) is 0. The molecule has 8 heterocycles. The normalized spacial score (nSPS) is 14.4. The Balaban J connectivity index is 1.01. The molecule has 0 radical (unpaired) electrons. The Labute approximate surface area is 353 Å². The molecule has 56 heavy (non-hydrogen) atoms. The maximum atomic E-state index is 4.84. The van der Waals surface area contributed by atoms with Gasteiger partial charge in [0.25, 0.3) is 0 Å². The van der Waals surface area contributed by atoms with E-state index < -0.39 is 0 Å². The van der Waals surface area contributed by atoms with Crippen molar-refractivity contribution >= 4 is 134 Å². The number of aromatic nitrogens is 4. The lowest BCUT2D eigenvalue weighted by Crippen LogP contribution is -1.92. The highest BCUT2D eigenvalue weighted by Gasteiger charge is 2.26. The maximum absolute atomic E-state index is 4.84. The number of thiophene rings is 5. The molecule has 0 fully saturated rings. The van der Waals surface area contributed by atoms with Crippen molar-refractivity contribution in [1.82, 2.24) is 17.5 Å². The third-order valence-corrected chi connectivity index (χ3v) is 18.3. The molecule has 12 rings (SSSR count). The number of rotatable bonds is 7. The summed E-state index contributed by atoms with van der Waals surface area (Å²) in [6, 6.07) is 40.2. The quantitative estimate of drug-likeness (QED) is 0.160. The Kier molecular flexibility index (Phi) is 8.22. The molecule has 0 amide bonds. The van der Waals surface area contributed by atoms with Crippen LogP contribution < -0.4 is 0 Å². The van der Waals surface area contributed by atoms with Crippen LogP contribution in [0, 0.1) is 0 Å². The van der Waals surface area contributed by atoms with E-state index in [1.165, 1.54) is 94.5 Å². The predicted octanol–water partition coefficient (Wildman–Crippen LogP) is 16.0. The fourth-order valence-electron chi connectivity index (χ4n) is 7.77. The smallest absolute Gasteiger partial charge is 0.114 e. The SMILES string of the molecule is C1=CSC(c2ccc(-c3ccc(-c4sc5ccccc5c4-c4c(-c5ccc(-c6ccc(-c7cccs7)c7nsnc67)s5)sc5ccccc45)s3)c3nsnc23)C1. The summed E-state index contributed by atoms with van der Waals surface area (Å²) in [7, 11) is 0. The Morgan fingerprint density at radius 1 is 0.464 bits per heavy atom. The fraction of sp³-hybridized carbons (Fsp3) is 0.0455. The minimum absolute atomic E-state index is 0.409. The van der Waals surface area contributed by atoms with Gasteiger partial charge in [-0.25, -0.2) is 0 Å². The van der Waals surface area contributed by atoms with Gasteiger partial charge in [-0.05, 0) is 65.2 Å². The lowest BCUT2D eigenvalue weighted by atomic mass is 9.97. The van der Waals surface area contributed by atoms with Gasteiger partial charge in [0.1, 0.15) is 22.1 Å². The number of nitrogens with zero attached hydrogens (tertiary/aromatic N) is 4. The number of allylic oxidation sites excluding steroid dienone is 1. The summed E-state index contributed by atoms with van der Waals surface area (Å²) in [6.45, 7) is 0. The molecule has 4 aromatic carbocycles. The molecule has 1 aliphatic rings. The zero-order chi connectivity index (χ0) is 36.7. The minimum Gasteiger partial charge on any atom is -0.173 e. The average molecular weight is 865 g/mol. The standard InChI is InChI=1S/C44H24N4S8/c1-3-9-31-23(7-1)37(43(53-31)35-19-17-33(51-35)27-15-13-25(29-11-5-21-49-29)39-41(27)47-55-45-39)38-24-8-2-4-10-32(24)54-44(38)36-20-18-34(52-36)28-16-14-26(30-12-6-22-50-30)40-42(28)48-56-46-40/h1-11,13-22,30H,12H2. The van der Waals surface area contributed by atoms with E-state index in [4.69, 9.17) is 17.5 Å². The lowest BCUT2D eigenvalue weighted by Gasteiger charge is -2.10.